The van der Waals surface area contributed by atoms with Crippen molar-refractivity contribution < 1.29 is 34.3 Å². The number of aliphatic hydroxyl groups excluding tert-OH is 1. The smallest absolute Gasteiger partial charge is 0.184 e. The summed E-state index contributed by atoms with van der Waals surface area (Å²) >= 11 is 0. The van der Waals surface area contributed by atoms with E-state index in [1.807, 2.05) is 19.1 Å². The molecule has 4 rings (SSSR count). The summed E-state index contributed by atoms with van der Waals surface area (Å²) in [6.45, 7) is 4.11. The van der Waals surface area contributed by atoms with Crippen LogP contribution in [0.25, 0.3) is 0 Å². The molecule has 0 bridgehead atoms. The van der Waals surface area contributed by atoms with E-state index in [-0.39, 0.29) is 35.9 Å². The Morgan fingerprint density at radius 1 is 0.829 bits per heavy atom. The van der Waals surface area contributed by atoms with Crippen molar-refractivity contribution in [3.63, 3.8) is 0 Å². The number of hydrogen-bond donors (Lipinski definition) is 3. The van der Waals surface area contributed by atoms with Crippen molar-refractivity contribution in [2.45, 2.75) is 102 Å². The molecule has 35 heavy (non-hydrogen) atoms. The summed E-state index contributed by atoms with van der Waals surface area (Å²) in [6, 6.07) is 13.9. The third-order valence-electron chi connectivity index (χ3n) is 6.76. The van der Waals surface area contributed by atoms with Crippen LogP contribution in [0.2, 0.25) is 0 Å². The van der Waals surface area contributed by atoms with E-state index in [2.05, 4.69) is 6.92 Å². The van der Waals surface area contributed by atoms with Crippen LogP contribution in [0.15, 0.2) is 48.5 Å². The van der Waals surface area contributed by atoms with Crippen LogP contribution >= 0.6 is 0 Å². The van der Waals surface area contributed by atoms with Gasteiger partial charge >= 0.3 is 0 Å². The second kappa shape index (κ2) is 12.2. The summed E-state index contributed by atoms with van der Waals surface area (Å²) < 4.78 is 24.3. The lowest BCUT2D eigenvalue weighted by Gasteiger charge is -2.36. The summed E-state index contributed by atoms with van der Waals surface area (Å²) in [7, 11) is 0. The standard InChI is InChI=1S/C28H38O7/c1-3-24-17-25(34-28(33-24)20-8-5-10-22(30)15-20)12-6-11-23(31)16-26-13-18(2)32-27(35-26)19-7-4-9-21(29)14-19/h4-5,7-10,14-15,18,23-31H,3,6,11-13,16-17H2,1-2H3/t18-,23?,24?,25?,26?,27?,28?/m0/s1. The van der Waals surface area contributed by atoms with Crippen molar-refractivity contribution in [2.75, 3.05) is 0 Å². The van der Waals surface area contributed by atoms with Crippen molar-refractivity contribution >= 4 is 0 Å². The van der Waals surface area contributed by atoms with Gasteiger partial charge in [0, 0.05) is 17.5 Å². The Labute approximate surface area is 207 Å². The van der Waals surface area contributed by atoms with Gasteiger partial charge in [-0.1, -0.05) is 31.2 Å². The fourth-order valence-electron chi connectivity index (χ4n) is 4.95. The maximum absolute atomic E-state index is 10.7. The van der Waals surface area contributed by atoms with Crippen LogP contribution in [0.1, 0.15) is 82.5 Å². The molecule has 2 aliphatic heterocycles. The molecule has 192 valence electrons. The van der Waals surface area contributed by atoms with Crippen LogP contribution in [0, 0.1) is 0 Å². The van der Waals surface area contributed by atoms with Gasteiger partial charge in [0.2, 0.25) is 0 Å². The highest BCUT2D eigenvalue weighted by Gasteiger charge is 2.32. The first kappa shape index (κ1) is 25.9. The molecule has 2 aliphatic rings. The Morgan fingerprint density at radius 3 is 2.06 bits per heavy atom. The van der Waals surface area contributed by atoms with Gasteiger partial charge in [-0.05, 0) is 69.7 Å². The molecule has 0 aliphatic carbocycles. The third-order valence-corrected chi connectivity index (χ3v) is 6.76. The van der Waals surface area contributed by atoms with E-state index in [1.54, 1.807) is 36.4 Å². The van der Waals surface area contributed by atoms with Gasteiger partial charge in [0.25, 0.3) is 0 Å². The Kier molecular flexibility index (Phi) is 9.03. The van der Waals surface area contributed by atoms with Crippen molar-refractivity contribution in [3.05, 3.63) is 59.7 Å². The number of rotatable bonds is 9. The molecule has 7 atom stereocenters. The van der Waals surface area contributed by atoms with Gasteiger partial charge in [0.05, 0.1) is 30.5 Å². The van der Waals surface area contributed by atoms with Crippen LogP contribution < -0.4 is 0 Å². The molecule has 0 amide bonds. The Morgan fingerprint density at radius 2 is 1.43 bits per heavy atom. The Balaban J connectivity index is 1.25. The minimum absolute atomic E-state index is 0.00396. The number of phenolic OH excluding ortho intramolecular Hbond substituents is 2. The number of hydrogen-bond acceptors (Lipinski definition) is 7. The zero-order valence-corrected chi connectivity index (χ0v) is 20.6. The van der Waals surface area contributed by atoms with Gasteiger partial charge in [-0.2, -0.15) is 0 Å². The molecule has 2 aromatic rings. The first-order valence-corrected chi connectivity index (χ1v) is 12.8. The predicted octanol–water partition coefficient (Wildman–Crippen LogP) is 5.49. The second-order valence-electron chi connectivity index (χ2n) is 9.77. The summed E-state index contributed by atoms with van der Waals surface area (Å²) in [5, 5.41) is 30.3. The molecule has 2 saturated heterocycles. The normalized spacial score (nSPS) is 30.1. The molecule has 6 unspecified atom stereocenters. The van der Waals surface area contributed by atoms with Crippen molar-refractivity contribution in [1.82, 2.24) is 0 Å². The van der Waals surface area contributed by atoms with E-state index < -0.39 is 18.7 Å². The summed E-state index contributed by atoms with van der Waals surface area (Å²) in [6.07, 6.45) is 3.88. The van der Waals surface area contributed by atoms with E-state index in [0.717, 1.165) is 43.2 Å². The topological polar surface area (TPSA) is 97.6 Å². The number of phenols is 2. The summed E-state index contributed by atoms with van der Waals surface area (Å²) in [5.74, 6) is 0.375. The van der Waals surface area contributed by atoms with Gasteiger partial charge in [-0.15, -0.1) is 0 Å². The zero-order chi connectivity index (χ0) is 24.8. The first-order chi connectivity index (χ1) is 16.9. The van der Waals surface area contributed by atoms with Crippen LogP contribution in [0.3, 0.4) is 0 Å². The molecule has 2 aromatic carbocycles. The first-order valence-electron chi connectivity index (χ1n) is 12.8. The number of aromatic hydroxyl groups is 2. The highest BCUT2D eigenvalue weighted by Crippen LogP contribution is 2.35. The van der Waals surface area contributed by atoms with Crippen LogP contribution in [0.4, 0.5) is 0 Å². The van der Waals surface area contributed by atoms with E-state index in [9.17, 15) is 15.3 Å². The molecule has 7 nitrogen and oxygen atoms in total. The minimum Gasteiger partial charge on any atom is -0.508 e. The van der Waals surface area contributed by atoms with Gasteiger partial charge in [-0.3, -0.25) is 0 Å². The molecule has 0 spiro atoms. The van der Waals surface area contributed by atoms with Gasteiger partial charge < -0.3 is 34.3 Å². The van der Waals surface area contributed by atoms with Gasteiger partial charge in [0.1, 0.15) is 11.5 Å². The summed E-state index contributed by atoms with van der Waals surface area (Å²) in [4.78, 5) is 0. The zero-order valence-electron chi connectivity index (χ0n) is 20.6. The van der Waals surface area contributed by atoms with Crippen LogP contribution in [-0.4, -0.2) is 45.8 Å². The molecule has 2 fully saturated rings. The molecule has 0 aromatic heterocycles. The molecule has 7 heteroatoms. The highest BCUT2D eigenvalue weighted by atomic mass is 16.7. The molecule has 0 radical (unpaired) electrons. The Bertz CT molecular complexity index is 935. The van der Waals surface area contributed by atoms with Crippen LogP contribution in [-0.2, 0) is 18.9 Å². The molecular weight excluding hydrogens is 448 g/mol. The maximum atomic E-state index is 10.7. The fraction of sp³-hybridized carbons (Fsp3) is 0.571. The lowest BCUT2D eigenvalue weighted by atomic mass is 9.97. The average molecular weight is 487 g/mol. The number of ether oxygens (including phenoxy) is 4. The molecule has 0 saturated carbocycles. The van der Waals surface area contributed by atoms with E-state index in [4.69, 9.17) is 18.9 Å². The lowest BCUT2D eigenvalue weighted by molar-refractivity contribution is -0.250. The van der Waals surface area contributed by atoms with E-state index in [1.165, 1.54) is 0 Å². The quantitative estimate of drug-likeness (QED) is 0.431. The van der Waals surface area contributed by atoms with Crippen molar-refractivity contribution in [3.8, 4) is 11.5 Å². The third kappa shape index (κ3) is 7.41. The van der Waals surface area contributed by atoms with Crippen molar-refractivity contribution in [2.24, 2.45) is 0 Å². The van der Waals surface area contributed by atoms with E-state index >= 15 is 0 Å². The fourth-order valence-corrected chi connectivity index (χ4v) is 4.95. The number of aliphatic hydroxyl groups is 1. The van der Waals surface area contributed by atoms with E-state index in [0.29, 0.717) is 12.8 Å². The second-order valence-corrected chi connectivity index (χ2v) is 9.77. The minimum atomic E-state index is -0.543. The summed E-state index contributed by atoms with van der Waals surface area (Å²) in [5.41, 5.74) is 1.60. The number of benzene rings is 2. The monoisotopic (exact) mass is 486 g/mol. The lowest BCUT2D eigenvalue weighted by Crippen LogP contribution is -2.35. The average Bonchev–Trinajstić information content (AvgIpc) is 2.83. The van der Waals surface area contributed by atoms with Gasteiger partial charge in [0.15, 0.2) is 12.6 Å². The molecule has 2 heterocycles. The van der Waals surface area contributed by atoms with Crippen molar-refractivity contribution in [1.29, 1.82) is 0 Å². The Hall–Kier alpha value is -2.16. The highest BCUT2D eigenvalue weighted by molar-refractivity contribution is 5.29. The maximum Gasteiger partial charge on any atom is 0.184 e. The van der Waals surface area contributed by atoms with Gasteiger partial charge in [-0.25, -0.2) is 0 Å². The molecular formula is C28H38O7. The largest absolute Gasteiger partial charge is 0.508 e. The predicted molar refractivity (Wildman–Crippen MR) is 131 cm³/mol. The SMILES string of the molecule is CCC1CC(CCCC(O)CC2C[C@H](C)OC(c3cccc(O)c3)O2)OC(c2cccc(O)c2)O1. The molecule has 3 N–H and O–H groups in total. The van der Waals surface area contributed by atoms with Crippen LogP contribution in [0.5, 0.6) is 11.5 Å².